The summed E-state index contributed by atoms with van der Waals surface area (Å²) in [5.41, 5.74) is -0.340. The summed E-state index contributed by atoms with van der Waals surface area (Å²) in [4.78, 5) is 28.2. The predicted molar refractivity (Wildman–Crippen MR) is 89.1 cm³/mol. The van der Waals surface area contributed by atoms with Crippen molar-refractivity contribution in [3.8, 4) is 5.75 Å². The zero-order valence-corrected chi connectivity index (χ0v) is 14.0. The standard InChI is InChI=1S/C17H13FN2O4S/c1-20-7-6-19-17(20)25-10-13-8-14(21)15(9-23-13)24-16(22)11-2-4-12(18)5-3-11/h2-9H,10H2,1H3. The molecule has 128 valence electrons. The number of esters is 1. The van der Waals surface area contributed by atoms with Crippen LogP contribution in [-0.4, -0.2) is 15.5 Å². The van der Waals surface area contributed by atoms with Crippen LogP contribution < -0.4 is 10.2 Å². The molecule has 2 aromatic heterocycles. The highest BCUT2D eigenvalue weighted by Gasteiger charge is 2.13. The highest BCUT2D eigenvalue weighted by Crippen LogP contribution is 2.20. The third kappa shape index (κ3) is 4.16. The molecule has 2 heterocycles. The van der Waals surface area contributed by atoms with E-state index in [2.05, 4.69) is 4.98 Å². The first kappa shape index (κ1) is 17.0. The average Bonchev–Trinajstić information content (AvgIpc) is 3.01. The number of thioether (sulfide) groups is 1. The molecule has 0 N–H and O–H groups in total. The zero-order valence-electron chi connectivity index (χ0n) is 13.1. The maximum absolute atomic E-state index is 12.9. The maximum Gasteiger partial charge on any atom is 0.343 e. The molecule has 0 aliphatic rings. The molecule has 0 spiro atoms. The number of imidazole rings is 1. The van der Waals surface area contributed by atoms with E-state index in [-0.39, 0.29) is 11.3 Å². The molecule has 0 atom stereocenters. The molecule has 0 bridgehead atoms. The zero-order chi connectivity index (χ0) is 17.8. The quantitative estimate of drug-likeness (QED) is 0.514. The number of nitrogens with zero attached hydrogens (tertiary/aromatic N) is 2. The highest BCUT2D eigenvalue weighted by molar-refractivity contribution is 7.98. The molecule has 0 unspecified atom stereocenters. The molecule has 0 fully saturated rings. The van der Waals surface area contributed by atoms with Gasteiger partial charge in [0, 0.05) is 25.5 Å². The lowest BCUT2D eigenvalue weighted by Crippen LogP contribution is -2.14. The summed E-state index contributed by atoms with van der Waals surface area (Å²) in [6.07, 6.45) is 4.59. The normalized spacial score (nSPS) is 10.6. The lowest BCUT2D eigenvalue weighted by molar-refractivity contribution is 0.0728. The van der Waals surface area contributed by atoms with Gasteiger partial charge in [-0.05, 0) is 24.3 Å². The van der Waals surface area contributed by atoms with Crippen molar-refractivity contribution in [2.45, 2.75) is 10.9 Å². The molecule has 0 amide bonds. The van der Waals surface area contributed by atoms with Crippen molar-refractivity contribution in [1.82, 2.24) is 9.55 Å². The summed E-state index contributed by atoms with van der Waals surface area (Å²) >= 11 is 1.41. The number of aromatic nitrogens is 2. The molecule has 3 rings (SSSR count). The molecule has 0 saturated carbocycles. The first-order chi connectivity index (χ1) is 12.0. The van der Waals surface area contributed by atoms with E-state index in [9.17, 15) is 14.0 Å². The first-order valence-corrected chi connectivity index (χ1v) is 8.21. The van der Waals surface area contributed by atoms with Crippen molar-refractivity contribution < 1.29 is 18.3 Å². The van der Waals surface area contributed by atoms with Crippen LogP contribution >= 0.6 is 11.8 Å². The van der Waals surface area contributed by atoms with Crippen molar-refractivity contribution in [1.29, 1.82) is 0 Å². The minimum Gasteiger partial charge on any atom is -0.464 e. The van der Waals surface area contributed by atoms with Crippen LogP contribution in [0.5, 0.6) is 5.75 Å². The van der Waals surface area contributed by atoms with Gasteiger partial charge in [0.15, 0.2) is 5.16 Å². The Balaban J connectivity index is 1.67. The summed E-state index contributed by atoms with van der Waals surface area (Å²) in [5, 5.41) is 0.787. The van der Waals surface area contributed by atoms with Crippen molar-refractivity contribution >= 4 is 17.7 Å². The number of hydrogen-bond acceptors (Lipinski definition) is 6. The third-order valence-electron chi connectivity index (χ3n) is 3.26. The minimum atomic E-state index is -0.762. The number of carbonyl (C=O) groups excluding carboxylic acids is 1. The Kier molecular flexibility index (Phi) is 4.99. The first-order valence-electron chi connectivity index (χ1n) is 7.22. The second-order valence-corrected chi connectivity index (χ2v) is 6.02. The number of aryl methyl sites for hydroxylation is 1. The summed E-state index contributed by atoms with van der Waals surface area (Å²) in [7, 11) is 1.86. The Labute approximate surface area is 146 Å². The van der Waals surface area contributed by atoms with Crippen LogP contribution in [0.1, 0.15) is 16.1 Å². The van der Waals surface area contributed by atoms with Gasteiger partial charge >= 0.3 is 5.97 Å². The van der Waals surface area contributed by atoms with Gasteiger partial charge in [-0.2, -0.15) is 0 Å². The van der Waals surface area contributed by atoms with E-state index in [0.29, 0.717) is 11.5 Å². The predicted octanol–water partition coefficient (Wildman–Crippen LogP) is 3.02. The number of carbonyl (C=O) groups is 1. The third-order valence-corrected chi connectivity index (χ3v) is 4.34. The molecule has 3 aromatic rings. The molecule has 25 heavy (non-hydrogen) atoms. The Hall–Kier alpha value is -2.87. The lowest BCUT2D eigenvalue weighted by atomic mass is 10.2. The molecular formula is C17H13FN2O4S. The topological polar surface area (TPSA) is 74.3 Å². The van der Waals surface area contributed by atoms with Gasteiger partial charge in [-0.1, -0.05) is 11.8 Å². The van der Waals surface area contributed by atoms with Gasteiger partial charge in [0.1, 0.15) is 17.8 Å². The molecular weight excluding hydrogens is 347 g/mol. The SMILES string of the molecule is Cn1ccnc1SCc1cc(=O)c(OC(=O)c2ccc(F)cc2)co1. The van der Waals surface area contributed by atoms with Crippen molar-refractivity contribution in [2.24, 2.45) is 7.05 Å². The molecule has 6 nitrogen and oxygen atoms in total. The molecule has 1 aromatic carbocycles. The summed E-state index contributed by atoms with van der Waals surface area (Å²) in [6, 6.07) is 6.09. The Bertz CT molecular complexity index is 950. The number of halogens is 1. The van der Waals surface area contributed by atoms with Crippen molar-refractivity contribution in [3.63, 3.8) is 0 Å². The van der Waals surface area contributed by atoms with E-state index in [1.165, 1.54) is 30.0 Å². The largest absolute Gasteiger partial charge is 0.464 e. The fourth-order valence-electron chi connectivity index (χ4n) is 1.96. The smallest absolute Gasteiger partial charge is 0.343 e. The van der Waals surface area contributed by atoms with Crippen molar-refractivity contribution in [2.75, 3.05) is 0 Å². The van der Waals surface area contributed by atoms with Crippen LogP contribution in [0.3, 0.4) is 0 Å². The average molecular weight is 360 g/mol. The number of rotatable bonds is 5. The van der Waals surface area contributed by atoms with E-state index in [1.54, 1.807) is 6.20 Å². The number of hydrogen-bond donors (Lipinski definition) is 0. The van der Waals surface area contributed by atoms with Gasteiger partial charge in [-0.3, -0.25) is 4.79 Å². The van der Waals surface area contributed by atoms with Gasteiger partial charge in [0.2, 0.25) is 11.2 Å². The summed E-state index contributed by atoms with van der Waals surface area (Å²) in [6.45, 7) is 0. The van der Waals surface area contributed by atoms with Crippen LogP contribution in [0, 0.1) is 5.82 Å². The number of benzene rings is 1. The van der Waals surface area contributed by atoms with E-state index in [0.717, 1.165) is 23.6 Å². The van der Waals surface area contributed by atoms with E-state index < -0.39 is 17.2 Å². The van der Waals surface area contributed by atoms with Crippen LogP contribution in [0.15, 0.2) is 63.4 Å². The van der Waals surface area contributed by atoms with Crippen LogP contribution in [0.25, 0.3) is 0 Å². The number of ether oxygens (including phenoxy) is 1. The van der Waals surface area contributed by atoms with Crippen LogP contribution in [-0.2, 0) is 12.8 Å². The van der Waals surface area contributed by atoms with Crippen LogP contribution in [0.4, 0.5) is 4.39 Å². The van der Waals surface area contributed by atoms with Gasteiger partial charge < -0.3 is 13.7 Å². The molecule has 0 aliphatic heterocycles. The molecule has 0 radical (unpaired) electrons. The second-order valence-electron chi connectivity index (χ2n) is 5.08. The maximum atomic E-state index is 12.9. The Morgan fingerprint density at radius 3 is 2.76 bits per heavy atom. The van der Waals surface area contributed by atoms with Crippen LogP contribution in [0.2, 0.25) is 0 Å². The minimum absolute atomic E-state index is 0.134. The van der Waals surface area contributed by atoms with E-state index in [4.69, 9.17) is 9.15 Å². The van der Waals surface area contributed by atoms with E-state index >= 15 is 0 Å². The Morgan fingerprint density at radius 1 is 1.36 bits per heavy atom. The van der Waals surface area contributed by atoms with E-state index in [1.807, 2.05) is 17.8 Å². The fraction of sp³-hybridized carbons (Fsp3) is 0.118. The van der Waals surface area contributed by atoms with Crippen molar-refractivity contribution in [3.05, 3.63) is 76.4 Å². The lowest BCUT2D eigenvalue weighted by Gasteiger charge is -2.05. The summed E-state index contributed by atoms with van der Waals surface area (Å²) < 4.78 is 25.1. The molecule has 0 saturated heterocycles. The second kappa shape index (κ2) is 7.35. The Morgan fingerprint density at radius 2 is 2.12 bits per heavy atom. The fourth-order valence-corrected chi connectivity index (χ4v) is 2.78. The van der Waals surface area contributed by atoms with Gasteiger partial charge in [0.25, 0.3) is 0 Å². The molecule has 0 aliphatic carbocycles. The summed E-state index contributed by atoms with van der Waals surface area (Å²) in [5.74, 6) is -0.612. The highest BCUT2D eigenvalue weighted by atomic mass is 32.2. The molecule has 8 heteroatoms. The monoisotopic (exact) mass is 360 g/mol. The van der Waals surface area contributed by atoms with Gasteiger partial charge in [-0.25, -0.2) is 14.2 Å². The van der Waals surface area contributed by atoms with Gasteiger partial charge in [-0.15, -0.1) is 0 Å². The van der Waals surface area contributed by atoms with Gasteiger partial charge in [0.05, 0.1) is 11.3 Å².